The Balaban J connectivity index is 1.77. The molecule has 1 atom stereocenters. The number of amides is 1. The number of halogens is 1. The lowest BCUT2D eigenvalue weighted by atomic mass is 10.1. The van der Waals surface area contributed by atoms with E-state index in [1.54, 1.807) is 4.90 Å². The lowest BCUT2D eigenvalue weighted by Gasteiger charge is -2.26. The van der Waals surface area contributed by atoms with Crippen LogP contribution < -0.4 is 4.90 Å². The van der Waals surface area contributed by atoms with Crippen LogP contribution in [0.2, 0.25) is 0 Å². The second-order valence-corrected chi connectivity index (χ2v) is 6.89. The first-order chi connectivity index (χ1) is 12.5. The maximum atomic E-state index is 13.2. The summed E-state index contributed by atoms with van der Waals surface area (Å²) in [5.74, 6) is -0.441. The predicted molar refractivity (Wildman–Crippen MR) is 101 cm³/mol. The first-order valence-electron chi connectivity index (χ1n) is 8.95. The zero-order valence-electron chi connectivity index (χ0n) is 15.3. The molecule has 1 amide bonds. The van der Waals surface area contributed by atoms with E-state index in [4.69, 9.17) is 4.74 Å². The summed E-state index contributed by atoms with van der Waals surface area (Å²) in [5.41, 5.74) is 2.67. The Labute approximate surface area is 154 Å². The Kier molecular flexibility index (Phi) is 5.89. The highest BCUT2D eigenvalue weighted by atomic mass is 19.1. The van der Waals surface area contributed by atoms with E-state index < -0.39 is 0 Å². The molecule has 4 nitrogen and oxygen atoms in total. The number of anilines is 1. The van der Waals surface area contributed by atoms with Crippen molar-refractivity contribution in [3.8, 4) is 0 Å². The Hall–Kier alpha value is -2.40. The van der Waals surface area contributed by atoms with Crippen LogP contribution in [0.25, 0.3) is 0 Å². The van der Waals surface area contributed by atoms with E-state index >= 15 is 0 Å². The van der Waals surface area contributed by atoms with Crippen LogP contribution >= 0.6 is 0 Å². The zero-order valence-corrected chi connectivity index (χ0v) is 15.3. The lowest BCUT2D eigenvalue weighted by Crippen LogP contribution is -2.37. The van der Waals surface area contributed by atoms with Gasteiger partial charge in [0.1, 0.15) is 5.82 Å². The van der Waals surface area contributed by atoms with E-state index in [2.05, 4.69) is 0 Å². The van der Waals surface area contributed by atoms with Crippen LogP contribution in [0.1, 0.15) is 28.8 Å². The summed E-state index contributed by atoms with van der Waals surface area (Å²) >= 11 is 0. The van der Waals surface area contributed by atoms with Gasteiger partial charge < -0.3 is 14.5 Å². The second kappa shape index (κ2) is 8.32. The number of nitrogens with zero attached hydrogens (tertiary/aromatic N) is 2. The first-order valence-corrected chi connectivity index (χ1v) is 8.95. The maximum absolute atomic E-state index is 13.2. The van der Waals surface area contributed by atoms with Gasteiger partial charge in [0.2, 0.25) is 0 Å². The Bertz CT molecular complexity index is 723. The van der Waals surface area contributed by atoms with E-state index in [1.807, 2.05) is 43.3 Å². The van der Waals surface area contributed by atoms with Gasteiger partial charge in [0.05, 0.1) is 6.10 Å². The number of hydrogen-bond acceptors (Lipinski definition) is 3. The number of ether oxygens (including phenoxy) is 1. The van der Waals surface area contributed by atoms with Crippen LogP contribution in [0, 0.1) is 5.82 Å². The fourth-order valence-electron chi connectivity index (χ4n) is 3.15. The standard InChI is InChI=1S/C21H25FN2O2/c1-23(2)19-11-5-16(6-12-19)14-24(15-20-4-3-13-26-20)21(25)17-7-9-18(22)10-8-17/h5-12,20H,3-4,13-15H2,1-2H3/t20-/m0/s1. The fraction of sp³-hybridized carbons (Fsp3) is 0.381. The van der Waals surface area contributed by atoms with Crippen molar-refractivity contribution in [2.24, 2.45) is 0 Å². The number of carbonyl (C=O) groups excluding carboxylic acids is 1. The minimum Gasteiger partial charge on any atom is -0.378 e. The topological polar surface area (TPSA) is 32.8 Å². The molecule has 138 valence electrons. The van der Waals surface area contributed by atoms with Gasteiger partial charge >= 0.3 is 0 Å². The van der Waals surface area contributed by atoms with Crippen LogP contribution in [0.5, 0.6) is 0 Å². The van der Waals surface area contributed by atoms with E-state index in [0.29, 0.717) is 18.7 Å². The summed E-state index contributed by atoms with van der Waals surface area (Å²) in [6.45, 7) is 1.80. The minimum absolute atomic E-state index is 0.0699. The van der Waals surface area contributed by atoms with Gasteiger partial charge in [-0.1, -0.05) is 12.1 Å². The highest BCUT2D eigenvalue weighted by Gasteiger charge is 2.23. The third-order valence-corrected chi connectivity index (χ3v) is 4.65. The first kappa shape index (κ1) is 18.4. The molecule has 0 radical (unpaired) electrons. The minimum atomic E-state index is -0.341. The molecule has 0 aromatic heterocycles. The third kappa shape index (κ3) is 4.61. The molecule has 1 aliphatic rings. The van der Waals surface area contributed by atoms with Crippen molar-refractivity contribution in [1.82, 2.24) is 4.90 Å². The zero-order chi connectivity index (χ0) is 18.5. The molecule has 0 aliphatic carbocycles. The Morgan fingerprint density at radius 1 is 1.12 bits per heavy atom. The summed E-state index contributed by atoms with van der Waals surface area (Å²) < 4.78 is 18.9. The lowest BCUT2D eigenvalue weighted by molar-refractivity contribution is 0.0507. The molecule has 0 saturated carbocycles. The monoisotopic (exact) mass is 356 g/mol. The molecule has 0 N–H and O–H groups in total. The normalized spacial score (nSPS) is 16.5. The van der Waals surface area contributed by atoms with Crippen LogP contribution in [0.3, 0.4) is 0 Å². The summed E-state index contributed by atoms with van der Waals surface area (Å²) in [4.78, 5) is 16.8. The highest BCUT2D eigenvalue weighted by molar-refractivity contribution is 5.94. The Morgan fingerprint density at radius 2 is 1.81 bits per heavy atom. The Morgan fingerprint density at radius 3 is 2.38 bits per heavy atom. The highest BCUT2D eigenvalue weighted by Crippen LogP contribution is 2.19. The molecular formula is C21H25FN2O2. The van der Waals surface area contributed by atoms with Gasteiger partial charge in [-0.25, -0.2) is 4.39 Å². The summed E-state index contributed by atoms with van der Waals surface area (Å²) in [6.07, 6.45) is 2.06. The van der Waals surface area contributed by atoms with Crippen molar-refractivity contribution in [3.05, 3.63) is 65.5 Å². The summed E-state index contributed by atoms with van der Waals surface area (Å²) in [6, 6.07) is 13.9. The van der Waals surface area contributed by atoms with Crippen LogP contribution in [-0.4, -0.2) is 44.2 Å². The second-order valence-electron chi connectivity index (χ2n) is 6.89. The van der Waals surface area contributed by atoms with E-state index in [1.165, 1.54) is 24.3 Å². The van der Waals surface area contributed by atoms with Gasteiger partial charge in [0.25, 0.3) is 5.91 Å². The van der Waals surface area contributed by atoms with Crippen molar-refractivity contribution in [1.29, 1.82) is 0 Å². The van der Waals surface area contributed by atoms with Gasteiger partial charge in [0.15, 0.2) is 0 Å². The molecule has 2 aromatic rings. The van der Waals surface area contributed by atoms with E-state index in [0.717, 1.165) is 30.7 Å². The van der Waals surface area contributed by atoms with Crippen molar-refractivity contribution >= 4 is 11.6 Å². The molecule has 5 heteroatoms. The van der Waals surface area contributed by atoms with Crippen molar-refractivity contribution in [3.63, 3.8) is 0 Å². The summed E-state index contributed by atoms with van der Waals surface area (Å²) in [7, 11) is 3.99. The molecule has 1 saturated heterocycles. The number of hydrogen-bond donors (Lipinski definition) is 0. The van der Waals surface area contributed by atoms with E-state index in [-0.39, 0.29) is 17.8 Å². The van der Waals surface area contributed by atoms with Crippen molar-refractivity contribution < 1.29 is 13.9 Å². The molecular weight excluding hydrogens is 331 g/mol. The number of benzene rings is 2. The summed E-state index contributed by atoms with van der Waals surface area (Å²) in [5, 5.41) is 0. The van der Waals surface area contributed by atoms with Crippen molar-refractivity contribution in [2.45, 2.75) is 25.5 Å². The quantitative estimate of drug-likeness (QED) is 0.791. The molecule has 0 spiro atoms. The van der Waals surface area contributed by atoms with Crippen LogP contribution in [-0.2, 0) is 11.3 Å². The van der Waals surface area contributed by atoms with Gasteiger partial charge in [-0.15, -0.1) is 0 Å². The molecule has 26 heavy (non-hydrogen) atoms. The molecule has 1 fully saturated rings. The average molecular weight is 356 g/mol. The van der Waals surface area contributed by atoms with Crippen molar-refractivity contribution in [2.75, 3.05) is 32.1 Å². The number of carbonyl (C=O) groups is 1. The molecule has 0 unspecified atom stereocenters. The fourth-order valence-corrected chi connectivity index (χ4v) is 3.15. The molecule has 3 rings (SSSR count). The largest absolute Gasteiger partial charge is 0.378 e. The van der Waals surface area contributed by atoms with Gasteiger partial charge in [-0.2, -0.15) is 0 Å². The van der Waals surface area contributed by atoms with Crippen LogP contribution in [0.4, 0.5) is 10.1 Å². The molecule has 2 aromatic carbocycles. The van der Waals surface area contributed by atoms with Crippen LogP contribution in [0.15, 0.2) is 48.5 Å². The molecule has 0 bridgehead atoms. The number of rotatable bonds is 6. The maximum Gasteiger partial charge on any atom is 0.254 e. The average Bonchev–Trinajstić information content (AvgIpc) is 3.15. The molecule has 1 aliphatic heterocycles. The van der Waals surface area contributed by atoms with E-state index in [9.17, 15) is 9.18 Å². The van der Waals surface area contributed by atoms with Gasteiger partial charge in [-0.05, 0) is 54.8 Å². The van der Waals surface area contributed by atoms with Gasteiger partial charge in [0, 0.05) is 45.0 Å². The predicted octanol–water partition coefficient (Wildman–Crippen LogP) is 3.71. The smallest absolute Gasteiger partial charge is 0.254 e. The van der Waals surface area contributed by atoms with Gasteiger partial charge in [-0.3, -0.25) is 4.79 Å². The molecule has 1 heterocycles. The third-order valence-electron chi connectivity index (χ3n) is 4.65. The SMILES string of the molecule is CN(C)c1ccc(CN(C[C@@H]2CCCO2)C(=O)c2ccc(F)cc2)cc1.